The van der Waals surface area contributed by atoms with Crippen molar-refractivity contribution in [2.45, 2.75) is 25.3 Å². The van der Waals surface area contributed by atoms with Crippen LogP contribution in [0.5, 0.6) is 0 Å². The number of nitrogens with zero attached hydrogens (tertiary/aromatic N) is 4. The van der Waals surface area contributed by atoms with E-state index in [0.29, 0.717) is 0 Å². The van der Waals surface area contributed by atoms with Gasteiger partial charge in [-0.3, -0.25) is 25.2 Å². The summed E-state index contributed by atoms with van der Waals surface area (Å²) in [6.45, 7) is 0. The van der Waals surface area contributed by atoms with Gasteiger partial charge in [0.05, 0.1) is 21.6 Å². The third-order valence-electron chi connectivity index (χ3n) is 5.58. The zero-order chi connectivity index (χ0) is 20.5. The monoisotopic (exact) mass is 392 g/mol. The fraction of sp³-hybridized carbons (Fsp3) is 0.286. The van der Waals surface area contributed by atoms with Crippen LogP contribution in [0.3, 0.4) is 0 Å². The summed E-state index contributed by atoms with van der Waals surface area (Å²) in [5.74, 6) is 0.222. The summed E-state index contributed by atoms with van der Waals surface area (Å²) in [5.41, 5.74) is 4.27. The maximum absolute atomic E-state index is 10.9. The van der Waals surface area contributed by atoms with Gasteiger partial charge in [0.2, 0.25) is 0 Å². The van der Waals surface area contributed by atoms with Gasteiger partial charge in [-0.2, -0.15) is 5.10 Å². The molecule has 2 aromatic carbocycles. The van der Waals surface area contributed by atoms with Gasteiger partial charge >= 0.3 is 0 Å². The molecule has 29 heavy (non-hydrogen) atoms. The summed E-state index contributed by atoms with van der Waals surface area (Å²) in [6, 6.07) is 13.3. The van der Waals surface area contributed by atoms with Crippen LogP contribution in [-0.2, 0) is 0 Å². The van der Waals surface area contributed by atoms with E-state index in [0.717, 1.165) is 41.7 Å². The highest BCUT2D eigenvalue weighted by molar-refractivity contribution is 6.07. The lowest BCUT2D eigenvalue weighted by molar-refractivity contribution is -0.385. The number of hydrogen-bond acceptors (Lipinski definition) is 6. The quantitative estimate of drug-likeness (QED) is 0.553. The van der Waals surface area contributed by atoms with Crippen LogP contribution in [0, 0.1) is 26.1 Å². The number of allylic oxidation sites excluding steroid dienone is 1. The first-order chi connectivity index (χ1) is 13.9. The molecule has 1 heterocycles. The van der Waals surface area contributed by atoms with E-state index in [-0.39, 0.29) is 23.3 Å². The fourth-order valence-electron chi connectivity index (χ4n) is 4.23. The van der Waals surface area contributed by atoms with Crippen LogP contribution in [0.4, 0.5) is 11.4 Å². The second kappa shape index (κ2) is 7.46. The largest absolute Gasteiger partial charge is 0.292 e. The number of benzene rings is 2. The molecule has 2 atom stereocenters. The van der Waals surface area contributed by atoms with E-state index in [2.05, 4.69) is 6.08 Å². The minimum atomic E-state index is -0.404. The number of hydrogen-bond donors (Lipinski definition) is 0. The van der Waals surface area contributed by atoms with E-state index in [1.807, 2.05) is 24.2 Å². The van der Waals surface area contributed by atoms with Crippen LogP contribution < -0.4 is 0 Å². The molecule has 0 spiro atoms. The first-order valence-corrected chi connectivity index (χ1v) is 9.45. The highest BCUT2D eigenvalue weighted by Gasteiger charge is 2.39. The molecule has 0 aromatic heterocycles. The van der Waals surface area contributed by atoms with Gasteiger partial charge in [0, 0.05) is 37.2 Å². The fourth-order valence-corrected chi connectivity index (χ4v) is 4.23. The van der Waals surface area contributed by atoms with Crippen molar-refractivity contribution in [2.24, 2.45) is 11.0 Å². The number of non-ortho nitro benzene ring substituents is 2. The summed E-state index contributed by atoms with van der Waals surface area (Å²) >= 11 is 0. The Bertz CT molecular complexity index is 1010. The molecule has 8 heteroatoms. The second-order valence-corrected chi connectivity index (χ2v) is 7.37. The second-order valence-electron chi connectivity index (χ2n) is 7.37. The Morgan fingerprint density at radius 3 is 2.17 bits per heavy atom. The Balaban J connectivity index is 1.60. The van der Waals surface area contributed by atoms with Crippen LogP contribution in [-0.4, -0.2) is 27.6 Å². The van der Waals surface area contributed by atoms with Crippen molar-refractivity contribution >= 4 is 23.2 Å². The van der Waals surface area contributed by atoms with Crippen LogP contribution in [0.25, 0.3) is 6.08 Å². The minimum Gasteiger partial charge on any atom is -0.292 e. The molecule has 4 rings (SSSR count). The normalized spacial score (nSPS) is 22.3. The van der Waals surface area contributed by atoms with Gasteiger partial charge in [-0.15, -0.1) is 0 Å². The third kappa shape index (κ3) is 3.61. The average Bonchev–Trinajstić information content (AvgIpc) is 3.05. The predicted molar refractivity (Wildman–Crippen MR) is 109 cm³/mol. The maximum Gasteiger partial charge on any atom is 0.269 e. The number of rotatable bonds is 4. The van der Waals surface area contributed by atoms with Crippen LogP contribution >= 0.6 is 0 Å². The van der Waals surface area contributed by atoms with Gasteiger partial charge in [0.1, 0.15) is 0 Å². The van der Waals surface area contributed by atoms with Crippen LogP contribution in [0.2, 0.25) is 0 Å². The summed E-state index contributed by atoms with van der Waals surface area (Å²) in [4.78, 5) is 21.0. The highest BCUT2D eigenvalue weighted by Crippen LogP contribution is 2.43. The first-order valence-electron chi connectivity index (χ1n) is 9.45. The lowest BCUT2D eigenvalue weighted by atomic mass is 9.77. The molecule has 1 aliphatic heterocycles. The SMILES string of the molecule is CN1N=C2/C(=C/c3ccc([N+](=O)[O-])cc3)CCCC2C1c1ccc([N+](=O)[O-])cc1. The van der Waals surface area contributed by atoms with Crippen molar-refractivity contribution in [1.82, 2.24) is 5.01 Å². The first kappa shape index (κ1) is 18.8. The summed E-state index contributed by atoms with van der Waals surface area (Å²) in [6.07, 6.45) is 5.00. The maximum atomic E-state index is 10.9. The zero-order valence-electron chi connectivity index (χ0n) is 15.9. The van der Waals surface area contributed by atoms with Gasteiger partial charge in [0.15, 0.2) is 0 Å². The molecular formula is C21H20N4O4. The molecule has 0 radical (unpaired) electrons. The predicted octanol–water partition coefficient (Wildman–Crippen LogP) is 4.73. The topological polar surface area (TPSA) is 102 Å². The number of nitro benzene ring substituents is 2. The summed E-state index contributed by atoms with van der Waals surface area (Å²) in [5, 5.41) is 28.5. The molecule has 2 aromatic rings. The van der Waals surface area contributed by atoms with Crippen molar-refractivity contribution in [3.05, 3.63) is 85.5 Å². The van der Waals surface area contributed by atoms with Crippen LogP contribution in [0.1, 0.15) is 36.4 Å². The lowest BCUT2D eigenvalue weighted by Crippen LogP contribution is -2.26. The van der Waals surface area contributed by atoms with Gasteiger partial charge in [-0.25, -0.2) is 0 Å². The molecule has 1 saturated carbocycles. The van der Waals surface area contributed by atoms with Gasteiger partial charge in [-0.05, 0) is 54.2 Å². The smallest absolute Gasteiger partial charge is 0.269 e. The number of hydrazone groups is 1. The molecule has 2 aliphatic rings. The Morgan fingerprint density at radius 2 is 1.59 bits per heavy atom. The van der Waals surface area contributed by atoms with E-state index >= 15 is 0 Å². The Labute approximate surface area is 167 Å². The van der Waals surface area contributed by atoms with Crippen molar-refractivity contribution in [2.75, 3.05) is 7.05 Å². The van der Waals surface area contributed by atoms with E-state index in [4.69, 9.17) is 5.10 Å². The highest BCUT2D eigenvalue weighted by atomic mass is 16.6. The van der Waals surface area contributed by atoms with E-state index in [1.54, 1.807) is 12.1 Å². The van der Waals surface area contributed by atoms with Gasteiger partial charge in [0.25, 0.3) is 11.4 Å². The van der Waals surface area contributed by atoms with Crippen molar-refractivity contribution in [3.8, 4) is 0 Å². The molecule has 148 valence electrons. The molecule has 0 amide bonds. The van der Waals surface area contributed by atoms with E-state index in [9.17, 15) is 20.2 Å². The molecule has 0 bridgehead atoms. The molecule has 1 aliphatic carbocycles. The summed E-state index contributed by atoms with van der Waals surface area (Å²) < 4.78 is 0. The average molecular weight is 392 g/mol. The van der Waals surface area contributed by atoms with Gasteiger partial charge in [-0.1, -0.05) is 12.1 Å². The molecule has 8 nitrogen and oxygen atoms in total. The minimum absolute atomic E-state index is 0.0476. The molecular weight excluding hydrogens is 372 g/mol. The standard InChI is InChI=1S/C21H20N4O4/c1-23-21(15-7-11-18(12-8-15)25(28)29)19-4-2-3-16(20(19)22-23)13-14-5-9-17(10-6-14)24(26)27/h5-13,19,21H,2-4H2,1H3/b16-13+. The Kier molecular flexibility index (Phi) is 4.84. The molecule has 2 unspecified atom stereocenters. The number of fused-ring (bicyclic) bond motifs is 1. The summed E-state index contributed by atoms with van der Waals surface area (Å²) in [7, 11) is 1.93. The van der Waals surface area contributed by atoms with Crippen molar-refractivity contribution < 1.29 is 9.85 Å². The lowest BCUT2D eigenvalue weighted by Gasteiger charge is -2.28. The van der Waals surface area contributed by atoms with Crippen LogP contribution in [0.15, 0.2) is 59.2 Å². The number of nitro groups is 2. The molecule has 0 saturated heterocycles. The van der Waals surface area contributed by atoms with Crippen molar-refractivity contribution in [1.29, 1.82) is 0 Å². The van der Waals surface area contributed by atoms with E-state index < -0.39 is 9.85 Å². The Hall–Kier alpha value is -3.55. The molecule has 0 N–H and O–H groups in total. The van der Waals surface area contributed by atoms with Crippen molar-refractivity contribution in [3.63, 3.8) is 0 Å². The molecule has 1 fully saturated rings. The van der Waals surface area contributed by atoms with E-state index in [1.165, 1.54) is 24.3 Å². The third-order valence-corrected chi connectivity index (χ3v) is 5.58. The van der Waals surface area contributed by atoms with Gasteiger partial charge < -0.3 is 0 Å². The zero-order valence-corrected chi connectivity index (χ0v) is 15.9. The Morgan fingerprint density at radius 1 is 1.00 bits per heavy atom.